The van der Waals surface area contributed by atoms with Crippen molar-refractivity contribution in [3.63, 3.8) is 0 Å². The number of thiol groups is 1. The maximum Gasteiger partial charge on any atom is 0.239 e. The number of rotatable bonds is 6. The molecule has 2 N–H and O–H groups in total. The molecule has 0 saturated carbocycles. The van der Waals surface area contributed by atoms with Crippen molar-refractivity contribution in [1.82, 2.24) is 0 Å². The van der Waals surface area contributed by atoms with E-state index in [0.717, 1.165) is 11.8 Å². The minimum absolute atomic E-state index is 0.0646. The van der Waals surface area contributed by atoms with Crippen molar-refractivity contribution >= 4 is 29.7 Å². The zero-order chi connectivity index (χ0) is 13.2. The van der Waals surface area contributed by atoms with Gasteiger partial charge < -0.3 is 9.79 Å². The van der Waals surface area contributed by atoms with E-state index in [0.29, 0.717) is 0 Å². The SMILES string of the molecule is CC(C)C[CH2][Zn][CH2]CC(C)C.OP(O)(=S)S. The summed E-state index contributed by atoms with van der Waals surface area (Å²) in [6.07, 6.45) is 3.00. The van der Waals surface area contributed by atoms with Gasteiger partial charge in [0.15, 0.2) is 0 Å². The maximum absolute atomic E-state index is 7.87. The molecule has 0 unspecified atom stereocenters. The van der Waals surface area contributed by atoms with Crippen LogP contribution in [0.5, 0.6) is 0 Å². The fourth-order valence-electron chi connectivity index (χ4n) is 1.28. The molecular formula is C10H25O2PS2Zn. The quantitative estimate of drug-likeness (QED) is 0.295. The molecule has 0 aliphatic rings. The van der Waals surface area contributed by atoms with Gasteiger partial charge in [-0.15, -0.1) is 0 Å². The van der Waals surface area contributed by atoms with E-state index in [2.05, 4.69) is 51.8 Å². The van der Waals surface area contributed by atoms with E-state index in [-0.39, 0.29) is 17.1 Å². The van der Waals surface area contributed by atoms with Crippen molar-refractivity contribution in [2.75, 3.05) is 0 Å². The third kappa shape index (κ3) is 36.1. The molecule has 0 heterocycles. The first kappa shape index (κ1) is 19.9. The minimum Gasteiger partial charge on any atom is -0.338 e. The van der Waals surface area contributed by atoms with Crippen LogP contribution in [0.4, 0.5) is 0 Å². The first-order chi connectivity index (χ1) is 7.13. The van der Waals surface area contributed by atoms with E-state index in [1.165, 1.54) is 12.8 Å². The monoisotopic (exact) mass is 336 g/mol. The van der Waals surface area contributed by atoms with Gasteiger partial charge in [0.2, 0.25) is 5.69 Å². The standard InChI is InChI=1S/2C5H11.H3O2PS2.Zn/c2*1-4-5(2)3;1-3(2,4)5;/h2*5H,1,4H2,2-3H3;(H3,1,2,4,5);. The van der Waals surface area contributed by atoms with Gasteiger partial charge in [-0.1, -0.05) is 12.2 Å². The van der Waals surface area contributed by atoms with Crippen LogP contribution in [0.2, 0.25) is 10.0 Å². The van der Waals surface area contributed by atoms with E-state index in [1.54, 1.807) is 10.0 Å². The second kappa shape index (κ2) is 11.6. The first-order valence-corrected chi connectivity index (χ1v) is 14.0. The molecule has 16 heavy (non-hydrogen) atoms. The zero-order valence-corrected chi connectivity index (χ0v) is 16.5. The van der Waals surface area contributed by atoms with Gasteiger partial charge in [-0.2, -0.15) is 0 Å². The molecule has 2 nitrogen and oxygen atoms in total. The molecule has 6 heteroatoms. The van der Waals surface area contributed by atoms with Crippen molar-refractivity contribution in [2.45, 2.75) is 50.6 Å². The first-order valence-electron chi connectivity index (χ1n) is 5.91. The Kier molecular flexibility index (Phi) is 14.4. The van der Waals surface area contributed by atoms with E-state index in [4.69, 9.17) is 9.79 Å². The van der Waals surface area contributed by atoms with Gasteiger partial charge in [0, 0.05) is 0 Å². The average Bonchev–Trinajstić information content (AvgIpc) is 1.99. The summed E-state index contributed by atoms with van der Waals surface area (Å²) >= 11 is 7.01. The van der Waals surface area contributed by atoms with E-state index >= 15 is 0 Å². The molecule has 0 aliphatic carbocycles. The number of hydrogen-bond donors (Lipinski definition) is 3. The van der Waals surface area contributed by atoms with E-state index in [1.807, 2.05) is 0 Å². The van der Waals surface area contributed by atoms with Gasteiger partial charge in [0.05, 0.1) is 0 Å². The van der Waals surface area contributed by atoms with Crippen molar-refractivity contribution in [3.8, 4) is 0 Å². The van der Waals surface area contributed by atoms with Crippen LogP contribution in [0, 0.1) is 11.8 Å². The van der Waals surface area contributed by atoms with Crippen LogP contribution in [-0.2, 0) is 28.9 Å². The molecule has 96 valence electrons. The minimum atomic E-state index is -3.11. The molecule has 0 amide bonds. The molecule has 0 aromatic rings. The molecule has 0 bridgehead atoms. The second-order valence-corrected chi connectivity index (χ2v) is 14.4. The fraction of sp³-hybridized carbons (Fsp3) is 1.00. The van der Waals surface area contributed by atoms with Crippen LogP contribution in [0.25, 0.3) is 0 Å². The maximum atomic E-state index is 7.87. The van der Waals surface area contributed by atoms with E-state index < -0.39 is 5.69 Å². The summed E-state index contributed by atoms with van der Waals surface area (Å²) in [7, 11) is 0. The Balaban J connectivity index is 0. The van der Waals surface area contributed by atoms with Gasteiger partial charge in [0.25, 0.3) is 0 Å². The molecule has 0 atom stereocenters. The Morgan fingerprint density at radius 3 is 1.50 bits per heavy atom. The van der Waals surface area contributed by atoms with Crippen molar-refractivity contribution < 1.29 is 26.9 Å². The van der Waals surface area contributed by atoms with Gasteiger partial charge in [0.1, 0.15) is 0 Å². The largest absolute Gasteiger partial charge is 0.338 e. The van der Waals surface area contributed by atoms with Crippen molar-refractivity contribution in [1.29, 1.82) is 0 Å². The third-order valence-electron chi connectivity index (χ3n) is 2.06. The summed E-state index contributed by atoms with van der Waals surface area (Å²) in [5, 5.41) is 3.24. The van der Waals surface area contributed by atoms with Gasteiger partial charge in [-0.05, 0) is 11.8 Å². The molecule has 0 aromatic heterocycles. The summed E-state index contributed by atoms with van der Waals surface area (Å²) in [5.74, 6) is 1.89. The van der Waals surface area contributed by atoms with Crippen LogP contribution in [0.1, 0.15) is 40.5 Å². The van der Waals surface area contributed by atoms with Crippen molar-refractivity contribution in [3.05, 3.63) is 0 Å². The Morgan fingerprint density at radius 2 is 1.31 bits per heavy atom. The Morgan fingerprint density at radius 1 is 1.06 bits per heavy atom. The molecule has 0 aliphatic heterocycles. The summed E-state index contributed by atoms with van der Waals surface area (Å²) < 4.78 is 0. The van der Waals surface area contributed by atoms with Crippen LogP contribution in [0.15, 0.2) is 0 Å². The summed E-state index contributed by atoms with van der Waals surface area (Å²) in [6, 6.07) is 0. The van der Waals surface area contributed by atoms with Crippen LogP contribution >= 0.6 is 17.9 Å². The Bertz CT molecular complexity index is 177. The normalized spacial score (nSPS) is 11.1. The van der Waals surface area contributed by atoms with Gasteiger partial charge >= 0.3 is 79.5 Å². The molecule has 0 aromatic carbocycles. The Labute approximate surface area is 119 Å². The van der Waals surface area contributed by atoms with Gasteiger partial charge in [-0.25, -0.2) is 0 Å². The predicted octanol–water partition coefficient (Wildman–Crippen LogP) is 4.12. The smallest absolute Gasteiger partial charge is 0.239 e. The molecule has 0 saturated heterocycles. The average molecular weight is 338 g/mol. The number of hydrogen-bond acceptors (Lipinski definition) is 1. The summed E-state index contributed by atoms with van der Waals surface area (Å²) in [4.78, 5) is 15.7. The Hall–Kier alpha value is 1.54. The molecule has 0 spiro atoms. The van der Waals surface area contributed by atoms with Crippen LogP contribution in [-0.4, -0.2) is 9.79 Å². The summed E-state index contributed by atoms with van der Waals surface area (Å²) in [6.45, 7) is 9.35. The van der Waals surface area contributed by atoms with Crippen LogP contribution in [0.3, 0.4) is 0 Å². The topological polar surface area (TPSA) is 40.5 Å². The van der Waals surface area contributed by atoms with Gasteiger partial charge in [-0.3, -0.25) is 0 Å². The third-order valence-corrected chi connectivity index (χ3v) is 5.87. The summed E-state index contributed by atoms with van der Waals surface area (Å²) in [5.41, 5.74) is -3.11. The zero-order valence-electron chi connectivity index (χ0n) is 10.9. The predicted molar refractivity (Wildman–Crippen MR) is 76.2 cm³/mol. The molecule has 0 radical (unpaired) electrons. The molecule has 0 fully saturated rings. The van der Waals surface area contributed by atoms with Crippen molar-refractivity contribution in [2.24, 2.45) is 11.8 Å². The fourth-order valence-corrected chi connectivity index (χ4v) is 6.66. The molecule has 0 rings (SSSR count). The van der Waals surface area contributed by atoms with E-state index in [9.17, 15) is 0 Å². The second-order valence-electron chi connectivity index (χ2n) is 4.94. The molecular weight excluding hydrogens is 313 g/mol. The van der Waals surface area contributed by atoms with Crippen LogP contribution < -0.4 is 0 Å².